The molecule has 1 N–H and O–H groups in total. The number of nitrogens with one attached hydrogen (secondary N) is 1. The van der Waals surface area contributed by atoms with E-state index in [4.69, 9.17) is 0 Å². The zero-order valence-electron chi connectivity index (χ0n) is 13.5. The van der Waals surface area contributed by atoms with Crippen molar-refractivity contribution in [3.63, 3.8) is 0 Å². The molecular weight excluding hydrogens is 330 g/mol. The molecule has 124 valence electrons. The van der Waals surface area contributed by atoms with Crippen LogP contribution in [-0.4, -0.2) is 39.6 Å². The fourth-order valence-electron chi connectivity index (χ4n) is 3.01. The number of hydrogen-bond acceptors (Lipinski definition) is 5. The van der Waals surface area contributed by atoms with E-state index in [1.54, 1.807) is 16.2 Å². The van der Waals surface area contributed by atoms with Gasteiger partial charge in [-0.3, -0.25) is 9.59 Å². The third-order valence-electron chi connectivity index (χ3n) is 4.25. The lowest BCUT2D eigenvalue weighted by Gasteiger charge is -2.17. The summed E-state index contributed by atoms with van der Waals surface area (Å²) >= 11 is 2.95. The third kappa shape index (κ3) is 3.30. The number of fused-ring (bicyclic) bond motifs is 3. The minimum Gasteiger partial charge on any atom is -0.343 e. The minimum absolute atomic E-state index is 0.0628. The Morgan fingerprint density at radius 1 is 1.30 bits per heavy atom. The zero-order valence-corrected chi connectivity index (χ0v) is 15.1. The van der Waals surface area contributed by atoms with E-state index in [2.05, 4.69) is 9.97 Å². The van der Waals surface area contributed by atoms with Crippen molar-refractivity contribution >= 4 is 39.2 Å². The summed E-state index contributed by atoms with van der Waals surface area (Å²) in [5, 5.41) is 1.31. The van der Waals surface area contributed by atoms with Crippen molar-refractivity contribution in [2.75, 3.05) is 18.8 Å². The van der Waals surface area contributed by atoms with Gasteiger partial charge in [0.15, 0.2) is 5.16 Å². The van der Waals surface area contributed by atoms with Crippen molar-refractivity contribution in [3.05, 3.63) is 20.8 Å². The van der Waals surface area contributed by atoms with Crippen LogP contribution in [0.4, 0.5) is 0 Å². The van der Waals surface area contributed by atoms with Crippen molar-refractivity contribution in [1.82, 2.24) is 14.9 Å². The van der Waals surface area contributed by atoms with E-state index in [0.717, 1.165) is 29.5 Å². The fraction of sp³-hybridized carbons (Fsp3) is 0.562. The van der Waals surface area contributed by atoms with E-state index >= 15 is 0 Å². The van der Waals surface area contributed by atoms with E-state index in [1.807, 2.05) is 13.8 Å². The van der Waals surface area contributed by atoms with Crippen LogP contribution in [0.3, 0.4) is 0 Å². The molecule has 1 amide bonds. The van der Waals surface area contributed by atoms with Gasteiger partial charge in [-0.2, -0.15) is 0 Å². The van der Waals surface area contributed by atoms with Gasteiger partial charge < -0.3 is 9.88 Å². The van der Waals surface area contributed by atoms with Gasteiger partial charge in [-0.15, -0.1) is 11.3 Å². The van der Waals surface area contributed by atoms with Crippen molar-refractivity contribution in [2.45, 2.75) is 44.7 Å². The summed E-state index contributed by atoms with van der Waals surface area (Å²) in [6, 6.07) is 0. The average molecular weight is 351 g/mol. The summed E-state index contributed by atoms with van der Waals surface area (Å²) in [5.41, 5.74) is 1.13. The number of nitrogens with zero attached hydrogens (tertiary/aromatic N) is 2. The molecule has 0 saturated heterocycles. The number of H-pyrrole nitrogens is 1. The second-order valence-electron chi connectivity index (χ2n) is 5.62. The van der Waals surface area contributed by atoms with Crippen LogP contribution < -0.4 is 5.56 Å². The maximum Gasteiger partial charge on any atom is 0.260 e. The largest absolute Gasteiger partial charge is 0.343 e. The molecule has 0 aliphatic heterocycles. The van der Waals surface area contributed by atoms with Crippen LogP contribution in [0.25, 0.3) is 10.2 Å². The highest BCUT2D eigenvalue weighted by Gasteiger charge is 2.20. The van der Waals surface area contributed by atoms with E-state index in [0.29, 0.717) is 24.0 Å². The normalized spacial score (nSPS) is 14.0. The molecule has 1 aliphatic rings. The highest BCUT2D eigenvalue weighted by Crippen LogP contribution is 2.34. The Labute approximate surface area is 143 Å². The number of thiophene rings is 1. The molecule has 5 nitrogen and oxygen atoms in total. The topological polar surface area (TPSA) is 66.1 Å². The highest BCUT2D eigenvalue weighted by molar-refractivity contribution is 7.99. The average Bonchev–Trinajstić information content (AvgIpc) is 2.92. The quantitative estimate of drug-likeness (QED) is 0.664. The van der Waals surface area contributed by atoms with Gasteiger partial charge in [0.05, 0.1) is 11.1 Å². The number of rotatable bonds is 5. The molecule has 2 heterocycles. The molecule has 2 aromatic rings. The Kier molecular flexibility index (Phi) is 5.06. The molecule has 0 unspecified atom stereocenters. The first-order valence-corrected chi connectivity index (χ1v) is 9.89. The first kappa shape index (κ1) is 16.5. The van der Waals surface area contributed by atoms with E-state index < -0.39 is 0 Å². The Bertz CT molecular complexity index is 777. The van der Waals surface area contributed by atoms with Crippen LogP contribution in [0.15, 0.2) is 9.95 Å². The number of aromatic amines is 1. The van der Waals surface area contributed by atoms with Crippen LogP contribution in [0.2, 0.25) is 0 Å². The number of carbonyl (C=O) groups is 1. The molecule has 0 radical (unpaired) electrons. The summed E-state index contributed by atoms with van der Waals surface area (Å²) in [6.45, 7) is 5.34. The summed E-state index contributed by atoms with van der Waals surface area (Å²) < 4.78 is 0. The van der Waals surface area contributed by atoms with Gasteiger partial charge in [0, 0.05) is 18.0 Å². The SMILES string of the molecule is CCN(CC)C(=O)CSc1nc2sc3c(c2c(=O)[nH]1)CCCC3. The number of carbonyl (C=O) groups excluding carboxylic acids is 1. The second kappa shape index (κ2) is 7.05. The molecule has 2 aromatic heterocycles. The molecule has 7 heteroatoms. The minimum atomic E-state index is -0.0628. The second-order valence-corrected chi connectivity index (χ2v) is 7.66. The van der Waals surface area contributed by atoms with Crippen molar-refractivity contribution in [3.8, 4) is 0 Å². The van der Waals surface area contributed by atoms with Crippen LogP contribution >= 0.6 is 23.1 Å². The molecular formula is C16H21N3O2S2. The predicted octanol–water partition coefficient (Wildman–Crippen LogP) is 2.82. The molecule has 0 fully saturated rings. The predicted molar refractivity (Wildman–Crippen MR) is 95.5 cm³/mol. The van der Waals surface area contributed by atoms with Crippen molar-refractivity contribution in [2.24, 2.45) is 0 Å². The van der Waals surface area contributed by atoms with Crippen LogP contribution in [0.5, 0.6) is 0 Å². The van der Waals surface area contributed by atoms with Crippen molar-refractivity contribution < 1.29 is 4.79 Å². The number of amides is 1. The molecule has 1 aliphatic carbocycles. The molecule has 0 saturated carbocycles. The first-order chi connectivity index (χ1) is 11.1. The monoisotopic (exact) mass is 351 g/mol. The first-order valence-electron chi connectivity index (χ1n) is 8.09. The summed E-state index contributed by atoms with van der Waals surface area (Å²) in [5.74, 6) is 0.384. The summed E-state index contributed by atoms with van der Waals surface area (Å²) in [4.78, 5) is 35.8. The van der Waals surface area contributed by atoms with E-state index in [1.165, 1.54) is 28.6 Å². The molecule has 0 bridgehead atoms. The molecule has 0 aromatic carbocycles. The Balaban J connectivity index is 1.83. The van der Waals surface area contributed by atoms with Gasteiger partial charge >= 0.3 is 0 Å². The van der Waals surface area contributed by atoms with Crippen LogP contribution in [0, 0.1) is 0 Å². The Morgan fingerprint density at radius 2 is 2.04 bits per heavy atom. The summed E-state index contributed by atoms with van der Waals surface area (Å²) in [7, 11) is 0. The van der Waals surface area contributed by atoms with Gasteiger partial charge in [-0.05, 0) is 45.1 Å². The molecule has 0 atom stereocenters. The lowest BCUT2D eigenvalue weighted by Crippen LogP contribution is -2.32. The number of hydrogen-bond donors (Lipinski definition) is 1. The number of aromatic nitrogens is 2. The Hall–Kier alpha value is -1.34. The molecule has 23 heavy (non-hydrogen) atoms. The van der Waals surface area contributed by atoms with Crippen LogP contribution in [-0.2, 0) is 17.6 Å². The molecule has 3 rings (SSSR count). The standard InChI is InChI=1S/C16H21N3O2S2/c1-3-19(4-2)12(20)9-22-16-17-14(21)13-10-7-5-6-8-11(10)23-15(13)18-16/h3-9H2,1-2H3,(H,17,18,21). The third-order valence-corrected chi connectivity index (χ3v) is 6.30. The fourth-order valence-corrected chi connectivity index (χ4v) is 5.09. The summed E-state index contributed by atoms with van der Waals surface area (Å²) in [6.07, 6.45) is 4.37. The van der Waals surface area contributed by atoms with Crippen molar-refractivity contribution in [1.29, 1.82) is 0 Å². The number of thioether (sulfide) groups is 1. The molecule has 0 spiro atoms. The number of aryl methyl sites for hydroxylation is 2. The van der Waals surface area contributed by atoms with Crippen LogP contribution in [0.1, 0.15) is 37.1 Å². The van der Waals surface area contributed by atoms with Gasteiger partial charge in [0.1, 0.15) is 4.83 Å². The van der Waals surface area contributed by atoms with E-state index in [-0.39, 0.29) is 11.5 Å². The van der Waals surface area contributed by atoms with Gasteiger partial charge in [0.2, 0.25) is 5.91 Å². The maximum absolute atomic E-state index is 12.4. The van der Waals surface area contributed by atoms with Gasteiger partial charge in [-0.1, -0.05) is 11.8 Å². The van der Waals surface area contributed by atoms with Gasteiger partial charge in [-0.25, -0.2) is 4.98 Å². The van der Waals surface area contributed by atoms with Gasteiger partial charge in [0.25, 0.3) is 5.56 Å². The van der Waals surface area contributed by atoms with E-state index in [9.17, 15) is 9.59 Å². The highest BCUT2D eigenvalue weighted by atomic mass is 32.2. The Morgan fingerprint density at radius 3 is 2.78 bits per heavy atom. The maximum atomic E-state index is 12.4. The smallest absolute Gasteiger partial charge is 0.260 e. The lowest BCUT2D eigenvalue weighted by molar-refractivity contribution is -0.127. The zero-order chi connectivity index (χ0) is 16.4. The lowest BCUT2D eigenvalue weighted by atomic mass is 9.97.